The molecule has 1 unspecified atom stereocenters. The second kappa shape index (κ2) is 7.34. The lowest BCUT2D eigenvalue weighted by Gasteiger charge is -2.25. The van der Waals surface area contributed by atoms with Crippen LogP contribution in [0.2, 0.25) is 0 Å². The van der Waals surface area contributed by atoms with Gasteiger partial charge in [-0.05, 0) is 49.6 Å². The highest BCUT2D eigenvalue weighted by Crippen LogP contribution is 2.28. The highest BCUT2D eigenvalue weighted by Gasteiger charge is 2.21. The van der Waals surface area contributed by atoms with Crippen molar-refractivity contribution in [2.45, 2.75) is 40.0 Å². The third kappa shape index (κ3) is 8.58. The van der Waals surface area contributed by atoms with Gasteiger partial charge in [-0.2, -0.15) is 0 Å². The van der Waals surface area contributed by atoms with Gasteiger partial charge in [0.15, 0.2) is 0 Å². The fourth-order valence-electron chi connectivity index (χ4n) is 2.09. The summed E-state index contributed by atoms with van der Waals surface area (Å²) in [5.41, 5.74) is 6.17. The summed E-state index contributed by atoms with van der Waals surface area (Å²) in [5, 5.41) is 3.45. The maximum atomic E-state index is 5.80. The lowest BCUT2D eigenvalue weighted by molar-refractivity contribution is 0.125. The molecule has 3 nitrogen and oxygen atoms in total. The lowest BCUT2D eigenvalue weighted by Crippen LogP contribution is -2.33. The molecule has 1 saturated carbocycles. The van der Waals surface area contributed by atoms with Crippen molar-refractivity contribution in [1.82, 2.24) is 5.32 Å². The van der Waals surface area contributed by atoms with Crippen LogP contribution in [-0.2, 0) is 4.74 Å². The van der Waals surface area contributed by atoms with Gasteiger partial charge in [0.25, 0.3) is 0 Å². The maximum Gasteiger partial charge on any atom is 0.0591 e. The average Bonchev–Trinajstić information content (AvgIpc) is 3.03. The molecule has 1 rings (SSSR count). The first-order valence-corrected chi connectivity index (χ1v) is 7.00. The van der Waals surface area contributed by atoms with Gasteiger partial charge < -0.3 is 15.8 Å². The molecule has 0 spiro atoms. The van der Waals surface area contributed by atoms with Crippen LogP contribution >= 0.6 is 0 Å². The van der Waals surface area contributed by atoms with Gasteiger partial charge in [-0.15, -0.1) is 0 Å². The van der Waals surface area contributed by atoms with Gasteiger partial charge in [-0.1, -0.05) is 20.8 Å². The van der Waals surface area contributed by atoms with E-state index in [1.165, 1.54) is 19.3 Å². The molecule has 3 heteroatoms. The summed E-state index contributed by atoms with van der Waals surface area (Å²) in [6.45, 7) is 11.4. The number of rotatable bonds is 9. The van der Waals surface area contributed by atoms with Crippen LogP contribution in [0.1, 0.15) is 40.0 Å². The molecule has 0 heterocycles. The van der Waals surface area contributed by atoms with Crippen molar-refractivity contribution < 1.29 is 4.74 Å². The van der Waals surface area contributed by atoms with Crippen molar-refractivity contribution in [2.24, 2.45) is 23.0 Å². The Balaban J connectivity index is 1.94. The van der Waals surface area contributed by atoms with E-state index >= 15 is 0 Å². The maximum absolute atomic E-state index is 5.80. The standard InChI is InChI=1S/C14H30N2O/c1-14(2,3)8-13(9-15)10-16-6-7-17-11-12-4-5-12/h12-13,16H,4-11,15H2,1-3H3. The monoisotopic (exact) mass is 242 g/mol. The van der Waals surface area contributed by atoms with Crippen molar-refractivity contribution in [2.75, 3.05) is 32.8 Å². The topological polar surface area (TPSA) is 47.3 Å². The Hall–Kier alpha value is -0.120. The second-order valence-electron chi connectivity index (χ2n) is 6.59. The van der Waals surface area contributed by atoms with Crippen LogP contribution in [-0.4, -0.2) is 32.8 Å². The molecule has 1 atom stereocenters. The molecule has 1 aliphatic carbocycles. The van der Waals surface area contributed by atoms with Gasteiger partial charge in [-0.3, -0.25) is 0 Å². The molecule has 0 aromatic heterocycles. The van der Waals surface area contributed by atoms with Crippen molar-refractivity contribution in [1.29, 1.82) is 0 Å². The summed E-state index contributed by atoms with van der Waals surface area (Å²) >= 11 is 0. The highest BCUT2D eigenvalue weighted by atomic mass is 16.5. The molecule has 1 aliphatic rings. The van der Waals surface area contributed by atoms with Gasteiger partial charge in [0.05, 0.1) is 6.61 Å². The summed E-state index contributed by atoms with van der Waals surface area (Å²) in [6.07, 6.45) is 3.92. The fourth-order valence-corrected chi connectivity index (χ4v) is 2.09. The first-order chi connectivity index (χ1) is 8.01. The zero-order chi connectivity index (χ0) is 12.7. The predicted octanol–water partition coefficient (Wildman–Crippen LogP) is 2.01. The minimum absolute atomic E-state index is 0.369. The summed E-state index contributed by atoms with van der Waals surface area (Å²) in [4.78, 5) is 0. The van der Waals surface area contributed by atoms with Gasteiger partial charge in [0.2, 0.25) is 0 Å². The molecule has 0 saturated heterocycles. The molecule has 102 valence electrons. The summed E-state index contributed by atoms with van der Waals surface area (Å²) in [6, 6.07) is 0. The number of ether oxygens (including phenoxy) is 1. The van der Waals surface area contributed by atoms with Crippen LogP contribution in [0.25, 0.3) is 0 Å². The first-order valence-electron chi connectivity index (χ1n) is 7.00. The molecular formula is C14H30N2O. The predicted molar refractivity (Wildman–Crippen MR) is 73.0 cm³/mol. The summed E-state index contributed by atoms with van der Waals surface area (Å²) < 4.78 is 5.58. The Bertz CT molecular complexity index is 197. The van der Waals surface area contributed by atoms with E-state index in [9.17, 15) is 0 Å². The SMILES string of the molecule is CC(C)(C)CC(CN)CNCCOCC1CC1. The minimum atomic E-state index is 0.369. The van der Waals surface area contributed by atoms with Crippen LogP contribution in [0.15, 0.2) is 0 Å². The number of nitrogens with one attached hydrogen (secondary N) is 1. The van der Waals surface area contributed by atoms with E-state index in [-0.39, 0.29) is 0 Å². The Labute approximate surface area is 106 Å². The molecule has 0 aromatic rings. The summed E-state index contributed by atoms with van der Waals surface area (Å²) in [7, 11) is 0. The zero-order valence-electron chi connectivity index (χ0n) is 11.8. The van der Waals surface area contributed by atoms with Crippen LogP contribution < -0.4 is 11.1 Å². The summed E-state index contributed by atoms with van der Waals surface area (Å²) in [5.74, 6) is 1.45. The molecule has 17 heavy (non-hydrogen) atoms. The molecule has 0 amide bonds. The Morgan fingerprint density at radius 3 is 2.59 bits per heavy atom. The zero-order valence-corrected chi connectivity index (χ0v) is 11.8. The van der Waals surface area contributed by atoms with E-state index in [1.807, 2.05) is 0 Å². The highest BCUT2D eigenvalue weighted by molar-refractivity contribution is 4.73. The number of hydrogen-bond donors (Lipinski definition) is 2. The van der Waals surface area contributed by atoms with E-state index in [1.54, 1.807) is 0 Å². The van der Waals surface area contributed by atoms with Gasteiger partial charge in [-0.25, -0.2) is 0 Å². The normalized spacial score (nSPS) is 18.4. The van der Waals surface area contributed by atoms with E-state index in [0.29, 0.717) is 11.3 Å². The lowest BCUT2D eigenvalue weighted by atomic mass is 9.84. The number of nitrogens with two attached hydrogens (primary N) is 1. The van der Waals surface area contributed by atoms with Crippen LogP contribution in [0.5, 0.6) is 0 Å². The molecule has 0 aliphatic heterocycles. The van der Waals surface area contributed by atoms with E-state index < -0.39 is 0 Å². The van der Waals surface area contributed by atoms with E-state index in [2.05, 4.69) is 26.1 Å². The molecule has 3 N–H and O–H groups in total. The average molecular weight is 242 g/mol. The largest absolute Gasteiger partial charge is 0.380 e. The van der Waals surface area contributed by atoms with Crippen molar-refractivity contribution in [3.05, 3.63) is 0 Å². The Kier molecular flexibility index (Phi) is 6.45. The van der Waals surface area contributed by atoms with Gasteiger partial charge >= 0.3 is 0 Å². The van der Waals surface area contributed by atoms with Crippen LogP contribution in [0.3, 0.4) is 0 Å². The third-order valence-electron chi connectivity index (χ3n) is 3.14. The van der Waals surface area contributed by atoms with E-state index in [0.717, 1.165) is 38.8 Å². The number of hydrogen-bond acceptors (Lipinski definition) is 3. The molecule has 1 fully saturated rings. The Morgan fingerprint density at radius 1 is 1.35 bits per heavy atom. The van der Waals surface area contributed by atoms with Crippen LogP contribution in [0, 0.1) is 17.3 Å². The Morgan fingerprint density at radius 2 is 2.06 bits per heavy atom. The van der Waals surface area contributed by atoms with Crippen molar-refractivity contribution >= 4 is 0 Å². The van der Waals surface area contributed by atoms with E-state index in [4.69, 9.17) is 10.5 Å². The van der Waals surface area contributed by atoms with Crippen molar-refractivity contribution in [3.8, 4) is 0 Å². The fraction of sp³-hybridized carbons (Fsp3) is 1.00. The quantitative estimate of drug-likeness (QED) is 0.608. The minimum Gasteiger partial charge on any atom is -0.380 e. The first kappa shape index (κ1) is 14.9. The van der Waals surface area contributed by atoms with Crippen molar-refractivity contribution in [3.63, 3.8) is 0 Å². The molecule has 0 radical (unpaired) electrons. The molecule has 0 bridgehead atoms. The van der Waals surface area contributed by atoms with Gasteiger partial charge in [0, 0.05) is 13.2 Å². The second-order valence-corrected chi connectivity index (χ2v) is 6.59. The molecule has 0 aromatic carbocycles. The van der Waals surface area contributed by atoms with Gasteiger partial charge in [0.1, 0.15) is 0 Å². The molecular weight excluding hydrogens is 212 g/mol. The third-order valence-corrected chi connectivity index (χ3v) is 3.14. The van der Waals surface area contributed by atoms with Crippen LogP contribution in [0.4, 0.5) is 0 Å². The smallest absolute Gasteiger partial charge is 0.0591 e.